The maximum atomic E-state index is 15.0. The molecule has 3 aromatic carbocycles. The molecule has 0 aliphatic heterocycles. The van der Waals surface area contributed by atoms with Crippen molar-refractivity contribution in [1.29, 1.82) is 0 Å². The number of halogens is 1. The number of para-hydroxylation sites is 1. The first kappa shape index (κ1) is 27.7. The Morgan fingerprint density at radius 2 is 1.39 bits per heavy atom. The molecule has 4 rings (SSSR count). The largest absolute Gasteiger partial charge is 1.00 e. The fourth-order valence-corrected chi connectivity index (χ4v) is 4.08. The number of hydrogen-bond donors (Lipinski definition) is 0. The summed E-state index contributed by atoms with van der Waals surface area (Å²) in [6, 6.07) is 26.6. The zero-order valence-electron chi connectivity index (χ0n) is 20.5. The van der Waals surface area contributed by atoms with E-state index in [1.54, 1.807) is 22.8 Å². The van der Waals surface area contributed by atoms with Crippen LogP contribution in [0.4, 0.5) is 4.39 Å². The van der Waals surface area contributed by atoms with Crippen LogP contribution in [0.3, 0.4) is 0 Å². The Hall–Kier alpha value is -2.93. The molecule has 0 amide bonds. The number of imidazole rings is 1. The molecule has 180 valence electrons. The third-order valence-corrected chi connectivity index (χ3v) is 5.79. The summed E-state index contributed by atoms with van der Waals surface area (Å²) in [5.41, 5.74) is 3.68. The Balaban J connectivity index is 0.00000361. The molecule has 0 atom stereocenters. The van der Waals surface area contributed by atoms with E-state index >= 15 is 4.39 Å². The van der Waals surface area contributed by atoms with Crippen LogP contribution in [0, 0.1) is 5.82 Å². The summed E-state index contributed by atoms with van der Waals surface area (Å²) in [5.74, 6) is -1.36. The minimum Gasteiger partial charge on any atom is -0.550 e. The van der Waals surface area contributed by atoms with Gasteiger partial charge in [0.05, 0.1) is 18.0 Å². The third-order valence-electron chi connectivity index (χ3n) is 5.79. The SMILES string of the molecule is O=C([O-])CCCCCCCOc1nc(-c2ccccc2)c(-c2ccccc2)n1-c1ccccc1F.[Na+]. The van der Waals surface area contributed by atoms with Gasteiger partial charge in [-0.05, 0) is 31.4 Å². The van der Waals surface area contributed by atoms with E-state index in [2.05, 4.69) is 0 Å². The second-order valence-electron chi connectivity index (χ2n) is 8.35. The smallest absolute Gasteiger partial charge is 0.550 e. The number of carbonyl (C=O) groups excluding carboxylic acids is 1. The van der Waals surface area contributed by atoms with Crippen molar-refractivity contribution in [1.82, 2.24) is 9.55 Å². The Kier molecular flexibility index (Phi) is 10.7. The van der Waals surface area contributed by atoms with E-state index in [1.165, 1.54) is 6.07 Å². The first-order chi connectivity index (χ1) is 17.1. The number of rotatable bonds is 12. The van der Waals surface area contributed by atoms with Crippen LogP contribution in [0.2, 0.25) is 0 Å². The molecule has 5 nitrogen and oxygen atoms in total. The Labute approximate surface area is 233 Å². The molecular formula is C29H28FN2NaO3. The maximum absolute atomic E-state index is 15.0. The van der Waals surface area contributed by atoms with Crippen molar-refractivity contribution in [3.8, 4) is 34.2 Å². The molecule has 0 aliphatic carbocycles. The monoisotopic (exact) mass is 494 g/mol. The predicted octanol–water partition coefficient (Wildman–Crippen LogP) is 2.82. The van der Waals surface area contributed by atoms with Crippen molar-refractivity contribution in [2.75, 3.05) is 6.61 Å². The zero-order valence-corrected chi connectivity index (χ0v) is 22.5. The predicted molar refractivity (Wildman–Crippen MR) is 133 cm³/mol. The van der Waals surface area contributed by atoms with Crippen molar-refractivity contribution in [3.63, 3.8) is 0 Å². The average molecular weight is 495 g/mol. The number of carbonyl (C=O) groups is 1. The minimum atomic E-state index is -1.00. The number of aliphatic carboxylic acids is 1. The van der Waals surface area contributed by atoms with E-state index in [9.17, 15) is 9.90 Å². The summed E-state index contributed by atoms with van der Waals surface area (Å²) in [5, 5.41) is 10.5. The van der Waals surface area contributed by atoms with Gasteiger partial charge in [-0.25, -0.2) is 4.39 Å². The van der Waals surface area contributed by atoms with Crippen LogP contribution < -0.4 is 39.4 Å². The Morgan fingerprint density at radius 1 is 0.806 bits per heavy atom. The van der Waals surface area contributed by atoms with Gasteiger partial charge in [0, 0.05) is 17.1 Å². The van der Waals surface area contributed by atoms with Gasteiger partial charge >= 0.3 is 35.6 Å². The van der Waals surface area contributed by atoms with Crippen molar-refractivity contribution in [2.24, 2.45) is 0 Å². The molecule has 7 heteroatoms. The van der Waals surface area contributed by atoms with E-state index in [0.717, 1.165) is 48.2 Å². The van der Waals surface area contributed by atoms with Gasteiger partial charge in [-0.3, -0.25) is 4.57 Å². The number of aromatic nitrogens is 2. The first-order valence-corrected chi connectivity index (χ1v) is 12.0. The second-order valence-corrected chi connectivity index (χ2v) is 8.35. The molecule has 0 aliphatic rings. The fraction of sp³-hybridized carbons (Fsp3) is 0.241. The van der Waals surface area contributed by atoms with Gasteiger partial charge in [0.25, 0.3) is 0 Å². The van der Waals surface area contributed by atoms with E-state index in [0.29, 0.717) is 24.7 Å². The van der Waals surface area contributed by atoms with E-state index < -0.39 is 5.97 Å². The summed E-state index contributed by atoms with van der Waals surface area (Å²) >= 11 is 0. The number of unbranched alkanes of at least 4 members (excludes halogenated alkanes) is 4. The van der Waals surface area contributed by atoms with Gasteiger partial charge in [-0.1, -0.05) is 92.1 Å². The van der Waals surface area contributed by atoms with Crippen LogP contribution in [0.5, 0.6) is 6.01 Å². The first-order valence-electron chi connectivity index (χ1n) is 12.0. The number of ether oxygens (including phenoxy) is 1. The van der Waals surface area contributed by atoms with Crippen molar-refractivity contribution >= 4 is 5.97 Å². The summed E-state index contributed by atoms with van der Waals surface area (Å²) in [7, 11) is 0. The normalized spacial score (nSPS) is 10.6. The number of hydrogen-bond acceptors (Lipinski definition) is 4. The standard InChI is InChI=1S/C29H29FN2O3.Na/c30-24-18-11-12-19-25(24)32-28(23-16-8-5-9-17-23)27(22-14-6-4-7-15-22)31-29(32)35-21-13-3-1-2-10-20-26(33)34;/h4-9,11-12,14-19H,1-3,10,13,20-21H2,(H,33,34);/q;+1/p-1. The molecule has 0 fully saturated rings. The number of benzene rings is 3. The Morgan fingerprint density at radius 3 is 2.06 bits per heavy atom. The summed E-state index contributed by atoms with van der Waals surface area (Å²) in [4.78, 5) is 15.4. The average Bonchev–Trinajstić information content (AvgIpc) is 3.26. The molecule has 0 radical (unpaired) electrons. The molecule has 0 saturated carbocycles. The van der Waals surface area contributed by atoms with E-state index in [1.807, 2.05) is 60.7 Å². The third kappa shape index (κ3) is 7.06. The zero-order chi connectivity index (χ0) is 24.5. The molecule has 4 aromatic rings. The van der Waals surface area contributed by atoms with Crippen molar-refractivity contribution < 1.29 is 48.6 Å². The molecule has 0 N–H and O–H groups in total. The van der Waals surface area contributed by atoms with Gasteiger partial charge < -0.3 is 14.6 Å². The van der Waals surface area contributed by atoms with Crippen molar-refractivity contribution in [2.45, 2.75) is 38.5 Å². The van der Waals surface area contributed by atoms with Crippen molar-refractivity contribution in [3.05, 3.63) is 90.7 Å². The molecule has 0 saturated heterocycles. The van der Waals surface area contributed by atoms with Crippen LogP contribution >= 0.6 is 0 Å². The van der Waals surface area contributed by atoms with Crippen LogP contribution in [0.1, 0.15) is 38.5 Å². The molecule has 0 bridgehead atoms. The minimum absolute atomic E-state index is 0. The van der Waals surface area contributed by atoms with Gasteiger partial charge in [0.2, 0.25) is 0 Å². The van der Waals surface area contributed by atoms with Gasteiger partial charge in [0.15, 0.2) is 0 Å². The van der Waals surface area contributed by atoms with Gasteiger partial charge in [0.1, 0.15) is 11.5 Å². The van der Waals surface area contributed by atoms with Crippen LogP contribution in [0.25, 0.3) is 28.2 Å². The molecular weight excluding hydrogens is 466 g/mol. The topological polar surface area (TPSA) is 67.2 Å². The van der Waals surface area contributed by atoms with Gasteiger partial charge in [-0.2, -0.15) is 4.98 Å². The fourth-order valence-electron chi connectivity index (χ4n) is 4.08. The molecule has 1 aromatic heterocycles. The van der Waals surface area contributed by atoms with Crippen LogP contribution in [-0.4, -0.2) is 22.1 Å². The number of nitrogens with zero attached hydrogens (tertiary/aromatic N) is 2. The maximum Gasteiger partial charge on any atom is 1.00 e. The molecule has 0 spiro atoms. The summed E-state index contributed by atoms with van der Waals surface area (Å²) in [6.45, 7) is 0.425. The van der Waals surface area contributed by atoms with E-state index in [-0.39, 0.29) is 41.8 Å². The quantitative estimate of drug-likeness (QED) is 0.224. The van der Waals surface area contributed by atoms with Crippen LogP contribution in [0.15, 0.2) is 84.9 Å². The summed E-state index contributed by atoms with van der Waals surface area (Å²) < 4.78 is 22.9. The van der Waals surface area contributed by atoms with E-state index in [4.69, 9.17) is 9.72 Å². The molecule has 1 heterocycles. The van der Waals surface area contributed by atoms with Gasteiger partial charge in [-0.15, -0.1) is 0 Å². The second kappa shape index (κ2) is 14.0. The summed E-state index contributed by atoms with van der Waals surface area (Å²) in [6.07, 6.45) is 4.18. The molecule has 0 unspecified atom stereocenters. The van der Waals surface area contributed by atoms with Crippen LogP contribution in [-0.2, 0) is 4.79 Å². The number of carboxylic acid groups (broad SMARTS) is 1. The Bertz CT molecular complexity index is 1250. The molecule has 36 heavy (non-hydrogen) atoms. The number of carboxylic acids is 1.